The normalized spacial score (nSPS) is 12.4. The minimum atomic E-state index is -0.981. The Bertz CT molecular complexity index is 1390. The Morgan fingerprint density at radius 2 is 1.63 bits per heavy atom. The maximum atomic E-state index is 15.0. The first-order valence-electron chi connectivity index (χ1n) is 10.9. The second-order valence-electron chi connectivity index (χ2n) is 8.16. The Morgan fingerprint density at radius 3 is 2.20 bits per heavy atom. The summed E-state index contributed by atoms with van der Waals surface area (Å²) in [6, 6.07) is 22.3. The highest BCUT2D eigenvalue weighted by Gasteiger charge is 2.22. The molecule has 1 atom stereocenters. The molecule has 4 aromatic rings. The summed E-state index contributed by atoms with van der Waals surface area (Å²) in [6.07, 6.45) is 1.88. The molecule has 4 rings (SSSR count). The lowest BCUT2D eigenvalue weighted by molar-refractivity contribution is 0.0697. The van der Waals surface area contributed by atoms with E-state index in [0.717, 1.165) is 22.4 Å². The molecule has 5 nitrogen and oxygen atoms in total. The second kappa shape index (κ2) is 10.5. The number of nitrogens with zero attached hydrogens (tertiary/aromatic N) is 2. The third-order valence-electron chi connectivity index (χ3n) is 5.86. The topological polar surface area (TPSA) is 82.8 Å². The van der Waals surface area contributed by atoms with Crippen LogP contribution < -0.4 is 0 Å². The van der Waals surface area contributed by atoms with Gasteiger partial charge in [0.15, 0.2) is 0 Å². The van der Waals surface area contributed by atoms with E-state index in [9.17, 15) is 10.0 Å². The molecule has 0 fully saturated rings. The molecule has 1 heterocycles. The molecule has 0 aliphatic carbocycles. The van der Waals surface area contributed by atoms with Gasteiger partial charge < -0.3 is 10.3 Å². The molecule has 0 radical (unpaired) electrons. The number of hydrogen-bond acceptors (Lipinski definition) is 4. The number of oxime groups is 1. The van der Waals surface area contributed by atoms with Crippen molar-refractivity contribution in [2.45, 2.75) is 19.3 Å². The lowest BCUT2D eigenvalue weighted by Gasteiger charge is -2.20. The Hall–Kier alpha value is -4.03. The van der Waals surface area contributed by atoms with Gasteiger partial charge in [0.25, 0.3) is 0 Å². The number of pyridine rings is 1. The number of carbonyl (C=O) groups is 1. The minimum Gasteiger partial charge on any atom is -0.478 e. The van der Waals surface area contributed by atoms with Crippen LogP contribution in [0.3, 0.4) is 0 Å². The average molecular weight is 489 g/mol. The molecule has 0 amide bonds. The van der Waals surface area contributed by atoms with Crippen LogP contribution in [0.2, 0.25) is 5.02 Å². The molecule has 0 spiro atoms. The summed E-state index contributed by atoms with van der Waals surface area (Å²) >= 11 is 5.99. The molecule has 3 aromatic carbocycles. The van der Waals surface area contributed by atoms with Crippen LogP contribution in [0, 0.1) is 12.7 Å². The van der Waals surface area contributed by atoms with Crippen molar-refractivity contribution in [3.63, 3.8) is 0 Å². The number of hydrogen-bond donors (Lipinski definition) is 2. The van der Waals surface area contributed by atoms with Gasteiger partial charge in [0.05, 0.1) is 11.3 Å². The molecule has 0 aliphatic heterocycles. The summed E-state index contributed by atoms with van der Waals surface area (Å²) in [5.41, 5.74) is 5.10. The van der Waals surface area contributed by atoms with Gasteiger partial charge in [-0.3, -0.25) is 4.98 Å². The molecule has 1 unspecified atom stereocenters. The summed E-state index contributed by atoms with van der Waals surface area (Å²) in [6.45, 7) is 1.84. The van der Waals surface area contributed by atoms with E-state index < -0.39 is 17.7 Å². The van der Waals surface area contributed by atoms with Gasteiger partial charge in [0.2, 0.25) is 0 Å². The maximum absolute atomic E-state index is 15.0. The van der Waals surface area contributed by atoms with Crippen LogP contribution >= 0.6 is 11.6 Å². The molecule has 0 bridgehead atoms. The number of aromatic nitrogens is 1. The number of aromatic carboxylic acids is 1. The van der Waals surface area contributed by atoms with Crippen LogP contribution in [0.15, 0.2) is 90.2 Å². The number of rotatable bonds is 7. The minimum absolute atomic E-state index is 0.214. The maximum Gasteiger partial charge on any atom is 0.335 e. The highest BCUT2D eigenvalue weighted by atomic mass is 35.5. The Kier molecular flexibility index (Phi) is 7.22. The Labute approximate surface area is 207 Å². The smallest absolute Gasteiger partial charge is 0.335 e. The first kappa shape index (κ1) is 24.1. The van der Waals surface area contributed by atoms with Gasteiger partial charge in [-0.05, 0) is 65.6 Å². The monoisotopic (exact) mass is 488 g/mol. The zero-order chi connectivity index (χ0) is 24.9. The van der Waals surface area contributed by atoms with Gasteiger partial charge in [-0.2, -0.15) is 0 Å². The zero-order valence-corrected chi connectivity index (χ0v) is 19.6. The summed E-state index contributed by atoms with van der Waals surface area (Å²) in [5.74, 6) is -1.88. The highest BCUT2D eigenvalue weighted by molar-refractivity contribution is 6.30. The molecule has 0 saturated carbocycles. The van der Waals surface area contributed by atoms with Crippen LogP contribution in [0.25, 0.3) is 11.1 Å². The average Bonchev–Trinajstić information content (AvgIpc) is 2.86. The van der Waals surface area contributed by atoms with E-state index in [1.165, 1.54) is 6.07 Å². The van der Waals surface area contributed by atoms with Gasteiger partial charge in [-0.25, -0.2) is 9.18 Å². The van der Waals surface area contributed by atoms with E-state index in [-0.39, 0.29) is 12.0 Å². The summed E-state index contributed by atoms with van der Waals surface area (Å²) in [5, 5.41) is 22.7. The fourth-order valence-electron chi connectivity index (χ4n) is 4.04. The number of halogens is 2. The molecule has 1 aromatic heterocycles. The van der Waals surface area contributed by atoms with Gasteiger partial charge >= 0.3 is 5.97 Å². The molecular weight excluding hydrogens is 467 g/mol. The fourth-order valence-corrected chi connectivity index (χ4v) is 4.20. The molecule has 2 N–H and O–H groups in total. The van der Waals surface area contributed by atoms with Crippen molar-refractivity contribution >= 4 is 23.3 Å². The van der Waals surface area contributed by atoms with Crippen LogP contribution in [-0.4, -0.2) is 27.0 Å². The quantitative estimate of drug-likeness (QED) is 0.167. The standard InChI is InChI=1S/C28H22ClFN2O3/c1-17-14-22(12-13-31-17)27(32-35)16-25(24-11-10-23(29)15-26(24)30)20-6-2-18(3-7-20)19-4-8-21(9-5-19)28(33)34/h2-15,25,35H,16H2,1H3,(H,33,34)/b32-27-. The lowest BCUT2D eigenvalue weighted by Crippen LogP contribution is -2.12. The predicted octanol–water partition coefficient (Wildman–Crippen LogP) is 6.95. The van der Waals surface area contributed by atoms with Crippen LogP contribution in [0.1, 0.15) is 45.1 Å². The van der Waals surface area contributed by atoms with Crippen molar-refractivity contribution in [2.24, 2.45) is 5.16 Å². The van der Waals surface area contributed by atoms with Crippen molar-refractivity contribution < 1.29 is 19.5 Å². The first-order valence-corrected chi connectivity index (χ1v) is 11.3. The van der Waals surface area contributed by atoms with E-state index in [1.807, 2.05) is 37.3 Å². The summed E-state index contributed by atoms with van der Waals surface area (Å²) < 4.78 is 15.0. The Balaban J connectivity index is 1.71. The second-order valence-corrected chi connectivity index (χ2v) is 8.60. The molecule has 7 heteroatoms. The van der Waals surface area contributed by atoms with Crippen molar-refractivity contribution in [2.75, 3.05) is 0 Å². The van der Waals surface area contributed by atoms with Crippen LogP contribution in [0.5, 0.6) is 0 Å². The Morgan fingerprint density at radius 1 is 0.971 bits per heavy atom. The van der Waals surface area contributed by atoms with Crippen LogP contribution in [0.4, 0.5) is 4.39 Å². The highest BCUT2D eigenvalue weighted by Crippen LogP contribution is 2.34. The first-order chi connectivity index (χ1) is 16.9. The molecule has 35 heavy (non-hydrogen) atoms. The third kappa shape index (κ3) is 5.55. The van der Waals surface area contributed by atoms with E-state index in [4.69, 9.17) is 16.7 Å². The van der Waals surface area contributed by atoms with Gasteiger partial charge in [0.1, 0.15) is 5.82 Å². The summed E-state index contributed by atoms with van der Waals surface area (Å²) in [7, 11) is 0. The van der Waals surface area contributed by atoms with Crippen molar-refractivity contribution in [3.05, 3.63) is 124 Å². The van der Waals surface area contributed by atoms with E-state index in [2.05, 4.69) is 10.1 Å². The fraction of sp³-hybridized carbons (Fsp3) is 0.107. The van der Waals surface area contributed by atoms with Crippen molar-refractivity contribution in [3.8, 4) is 11.1 Å². The number of carboxylic acid groups (broad SMARTS) is 1. The van der Waals surface area contributed by atoms with E-state index >= 15 is 4.39 Å². The number of carboxylic acids is 1. The van der Waals surface area contributed by atoms with Crippen molar-refractivity contribution in [1.82, 2.24) is 4.98 Å². The predicted molar refractivity (Wildman–Crippen MR) is 134 cm³/mol. The number of aryl methyl sites for hydroxylation is 1. The molecular formula is C28H22ClFN2O3. The molecule has 0 aliphatic rings. The van der Waals surface area contributed by atoms with Gasteiger partial charge in [0, 0.05) is 34.8 Å². The number of benzene rings is 3. The van der Waals surface area contributed by atoms with Crippen molar-refractivity contribution in [1.29, 1.82) is 0 Å². The molecule has 176 valence electrons. The van der Waals surface area contributed by atoms with Gasteiger partial charge in [-0.15, -0.1) is 0 Å². The lowest BCUT2D eigenvalue weighted by atomic mass is 9.84. The molecule has 0 saturated heterocycles. The SMILES string of the molecule is Cc1cc(/C(CC(c2ccc(-c3ccc(C(=O)O)cc3)cc2)c2ccc(Cl)cc2F)=N\O)ccn1. The van der Waals surface area contributed by atoms with Crippen LogP contribution in [-0.2, 0) is 0 Å². The third-order valence-corrected chi connectivity index (χ3v) is 6.10. The largest absolute Gasteiger partial charge is 0.478 e. The zero-order valence-electron chi connectivity index (χ0n) is 18.8. The summed E-state index contributed by atoms with van der Waals surface area (Å²) in [4.78, 5) is 15.3. The van der Waals surface area contributed by atoms with E-state index in [0.29, 0.717) is 21.9 Å². The van der Waals surface area contributed by atoms with Gasteiger partial charge in [-0.1, -0.05) is 59.2 Å². The van der Waals surface area contributed by atoms with E-state index in [1.54, 1.807) is 48.7 Å².